The van der Waals surface area contributed by atoms with Gasteiger partial charge in [-0.3, -0.25) is 4.79 Å². The second-order valence-corrected chi connectivity index (χ2v) is 6.32. The maximum absolute atomic E-state index is 12.1. The minimum atomic E-state index is 0.0972. The lowest BCUT2D eigenvalue weighted by Crippen LogP contribution is -2.51. The fourth-order valence-electron chi connectivity index (χ4n) is 3.43. The van der Waals surface area contributed by atoms with E-state index < -0.39 is 0 Å². The van der Waals surface area contributed by atoms with Crippen LogP contribution in [0.15, 0.2) is 48.5 Å². The molecular formula is C20H21N3O. The van der Waals surface area contributed by atoms with E-state index in [-0.39, 0.29) is 11.9 Å². The normalized spacial score (nSPS) is 20.2. The van der Waals surface area contributed by atoms with Crippen LogP contribution in [0.3, 0.4) is 0 Å². The van der Waals surface area contributed by atoms with Gasteiger partial charge in [-0.25, -0.2) is 0 Å². The number of rotatable bonds is 2. The van der Waals surface area contributed by atoms with E-state index in [2.05, 4.69) is 52.0 Å². The number of nitrogens with zero attached hydrogens (tertiary/aromatic N) is 1. The fourth-order valence-corrected chi connectivity index (χ4v) is 3.43. The molecule has 1 amide bonds. The van der Waals surface area contributed by atoms with Gasteiger partial charge in [-0.1, -0.05) is 48.6 Å². The van der Waals surface area contributed by atoms with E-state index in [0.717, 1.165) is 36.6 Å². The summed E-state index contributed by atoms with van der Waals surface area (Å²) in [7, 11) is 0. The van der Waals surface area contributed by atoms with Crippen molar-refractivity contribution in [3.63, 3.8) is 0 Å². The summed E-state index contributed by atoms with van der Waals surface area (Å²) >= 11 is 0. The average molecular weight is 319 g/mol. The van der Waals surface area contributed by atoms with E-state index in [9.17, 15) is 4.79 Å². The summed E-state index contributed by atoms with van der Waals surface area (Å²) in [6.45, 7) is 2.74. The van der Waals surface area contributed by atoms with E-state index in [1.807, 2.05) is 24.3 Å². The minimum Gasteiger partial charge on any atom is -0.364 e. The molecule has 4 nitrogen and oxygen atoms in total. The molecule has 2 aliphatic rings. The number of piperazine rings is 1. The SMILES string of the molecule is O=C1CC2CNCCN2c2cc(C=Cc3ccccc3)ccc2N1. The number of nitrogens with one attached hydrogen (secondary N) is 2. The smallest absolute Gasteiger partial charge is 0.226 e. The lowest BCUT2D eigenvalue weighted by molar-refractivity contribution is -0.116. The Bertz CT molecular complexity index is 770. The van der Waals surface area contributed by atoms with Gasteiger partial charge in [0.25, 0.3) is 0 Å². The van der Waals surface area contributed by atoms with Crippen molar-refractivity contribution in [3.05, 3.63) is 59.7 Å². The second-order valence-electron chi connectivity index (χ2n) is 6.32. The van der Waals surface area contributed by atoms with Crippen LogP contribution in [0.2, 0.25) is 0 Å². The number of carbonyl (C=O) groups excluding carboxylic acids is 1. The van der Waals surface area contributed by atoms with Gasteiger partial charge >= 0.3 is 0 Å². The molecule has 1 saturated heterocycles. The molecule has 0 spiro atoms. The van der Waals surface area contributed by atoms with Crippen molar-refractivity contribution in [2.24, 2.45) is 0 Å². The molecule has 4 heteroatoms. The summed E-state index contributed by atoms with van der Waals surface area (Å²) in [5.74, 6) is 0.0972. The predicted molar refractivity (Wildman–Crippen MR) is 99.1 cm³/mol. The van der Waals surface area contributed by atoms with Gasteiger partial charge < -0.3 is 15.5 Å². The number of carbonyl (C=O) groups is 1. The summed E-state index contributed by atoms with van der Waals surface area (Å²) in [6, 6.07) is 16.8. The van der Waals surface area contributed by atoms with Gasteiger partial charge in [0.05, 0.1) is 17.4 Å². The van der Waals surface area contributed by atoms with Crippen LogP contribution in [0.25, 0.3) is 12.2 Å². The molecule has 1 unspecified atom stereocenters. The number of hydrogen-bond donors (Lipinski definition) is 2. The van der Waals surface area contributed by atoms with Gasteiger partial charge in [0.15, 0.2) is 0 Å². The molecule has 0 aromatic heterocycles. The molecule has 0 bridgehead atoms. The van der Waals surface area contributed by atoms with Crippen molar-refractivity contribution in [2.45, 2.75) is 12.5 Å². The molecule has 24 heavy (non-hydrogen) atoms. The zero-order chi connectivity index (χ0) is 16.4. The second kappa shape index (κ2) is 6.49. The number of anilines is 2. The molecule has 0 saturated carbocycles. The summed E-state index contributed by atoms with van der Waals surface area (Å²) in [6.07, 6.45) is 4.78. The van der Waals surface area contributed by atoms with Crippen LogP contribution >= 0.6 is 0 Å². The van der Waals surface area contributed by atoms with Crippen molar-refractivity contribution in [2.75, 3.05) is 29.9 Å². The highest BCUT2D eigenvalue weighted by Gasteiger charge is 2.29. The monoisotopic (exact) mass is 319 g/mol. The number of benzene rings is 2. The molecule has 2 aromatic carbocycles. The molecule has 122 valence electrons. The average Bonchev–Trinajstić information content (AvgIpc) is 2.76. The maximum Gasteiger partial charge on any atom is 0.226 e. The maximum atomic E-state index is 12.1. The predicted octanol–water partition coefficient (Wildman–Crippen LogP) is 2.98. The van der Waals surface area contributed by atoms with E-state index in [4.69, 9.17) is 0 Å². The molecule has 2 aromatic rings. The Kier molecular flexibility index (Phi) is 4.05. The third-order valence-electron chi connectivity index (χ3n) is 4.64. The largest absolute Gasteiger partial charge is 0.364 e. The van der Waals surface area contributed by atoms with Crippen LogP contribution < -0.4 is 15.5 Å². The highest BCUT2D eigenvalue weighted by molar-refractivity contribution is 5.97. The molecule has 4 rings (SSSR count). The van der Waals surface area contributed by atoms with E-state index in [1.54, 1.807) is 0 Å². The van der Waals surface area contributed by atoms with Crippen molar-refractivity contribution in [3.8, 4) is 0 Å². The standard InChI is InChI=1S/C20H21N3O/c24-20-13-17-14-21-10-11-23(17)19-12-16(8-9-18(19)22-20)7-6-15-4-2-1-3-5-15/h1-9,12,17,21H,10-11,13-14H2,(H,22,24). The molecule has 0 aliphatic carbocycles. The van der Waals surface area contributed by atoms with Crippen LogP contribution in [0.5, 0.6) is 0 Å². The Morgan fingerprint density at radius 2 is 1.88 bits per heavy atom. The third-order valence-corrected chi connectivity index (χ3v) is 4.64. The highest BCUT2D eigenvalue weighted by atomic mass is 16.1. The lowest BCUT2D eigenvalue weighted by atomic mass is 10.1. The van der Waals surface area contributed by atoms with E-state index in [0.29, 0.717) is 6.42 Å². The Morgan fingerprint density at radius 3 is 2.75 bits per heavy atom. The molecule has 1 atom stereocenters. The van der Waals surface area contributed by atoms with Crippen LogP contribution in [-0.4, -0.2) is 31.6 Å². The Labute approximate surface area is 142 Å². The molecule has 2 N–H and O–H groups in total. The summed E-state index contributed by atoms with van der Waals surface area (Å²) in [4.78, 5) is 14.5. The molecule has 0 radical (unpaired) electrons. The first-order chi connectivity index (χ1) is 11.8. The van der Waals surface area contributed by atoms with Crippen LogP contribution in [0, 0.1) is 0 Å². The zero-order valence-electron chi connectivity index (χ0n) is 13.5. The summed E-state index contributed by atoms with van der Waals surface area (Å²) in [5, 5.41) is 6.44. The van der Waals surface area contributed by atoms with Gasteiger partial charge in [-0.2, -0.15) is 0 Å². The lowest BCUT2D eigenvalue weighted by Gasteiger charge is -2.36. The first-order valence-electron chi connectivity index (χ1n) is 8.44. The number of hydrogen-bond acceptors (Lipinski definition) is 3. The Morgan fingerprint density at radius 1 is 1.04 bits per heavy atom. The van der Waals surface area contributed by atoms with E-state index in [1.165, 1.54) is 5.56 Å². The van der Waals surface area contributed by atoms with Crippen molar-refractivity contribution < 1.29 is 4.79 Å². The van der Waals surface area contributed by atoms with Gasteiger partial charge in [0.2, 0.25) is 5.91 Å². The topological polar surface area (TPSA) is 44.4 Å². The number of fused-ring (bicyclic) bond motifs is 3. The summed E-state index contributed by atoms with van der Waals surface area (Å²) in [5.41, 5.74) is 4.37. The molecule has 2 heterocycles. The fraction of sp³-hybridized carbons (Fsp3) is 0.250. The van der Waals surface area contributed by atoms with Gasteiger partial charge in [-0.05, 0) is 23.3 Å². The molecule has 2 aliphatic heterocycles. The van der Waals surface area contributed by atoms with Crippen LogP contribution in [-0.2, 0) is 4.79 Å². The Hall–Kier alpha value is -2.59. The minimum absolute atomic E-state index is 0.0972. The quantitative estimate of drug-likeness (QED) is 0.837. The number of amides is 1. The molecular weight excluding hydrogens is 298 g/mol. The summed E-state index contributed by atoms with van der Waals surface area (Å²) < 4.78 is 0. The molecule has 1 fully saturated rings. The van der Waals surface area contributed by atoms with Gasteiger partial charge in [0.1, 0.15) is 0 Å². The van der Waals surface area contributed by atoms with Crippen LogP contribution in [0.4, 0.5) is 11.4 Å². The first kappa shape index (κ1) is 15.0. The zero-order valence-corrected chi connectivity index (χ0v) is 13.5. The van der Waals surface area contributed by atoms with Crippen molar-refractivity contribution in [1.82, 2.24) is 5.32 Å². The first-order valence-corrected chi connectivity index (χ1v) is 8.44. The van der Waals surface area contributed by atoms with E-state index >= 15 is 0 Å². The van der Waals surface area contributed by atoms with Crippen molar-refractivity contribution in [1.29, 1.82) is 0 Å². The highest BCUT2D eigenvalue weighted by Crippen LogP contribution is 2.33. The third kappa shape index (κ3) is 3.05. The van der Waals surface area contributed by atoms with Gasteiger partial charge in [-0.15, -0.1) is 0 Å². The van der Waals surface area contributed by atoms with Crippen molar-refractivity contribution >= 4 is 29.4 Å². The van der Waals surface area contributed by atoms with Crippen LogP contribution in [0.1, 0.15) is 17.5 Å². The Balaban J connectivity index is 1.67. The van der Waals surface area contributed by atoms with Gasteiger partial charge in [0, 0.05) is 26.1 Å².